The van der Waals surface area contributed by atoms with Crippen LogP contribution in [-0.4, -0.2) is 23.6 Å². The largest absolute Gasteiger partial charge is 0.409 e. The molecule has 2 bridgehead atoms. The summed E-state index contributed by atoms with van der Waals surface area (Å²) in [6.07, 6.45) is 3.88. The number of hydrogen-bond donors (Lipinski definition) is 2. The number of piperidine rings is 1. The van der Waals surface area contributed by atoms with Crippen molar-refractivity contribution in [1.29, 1.82) is 0 Å². The normalized spacial score (nSPS) is 26.9. The van der Waals surface area contributed by atoms with Gasteiger partial charge < -0.3 is 15.8 Å². The van der Waals surface area contributed by atoms with E-state index >= 15 is 0 Å². The van der Waals surface area contributed by atoms with Crippen LogP contribution in [0.25, 0.3) is 0 Å². The number of nitrogens with zero attached hydrogens (tertiary/aromatic N) is 2. The third kappa shape index (κ3) is 1.86. The van der Waals surface area contributed by atoms with Crippen LogP contribution in [-0.2, 0) is 0 Å². The highest BCUT2D eigenvalue weighted by Crippen LogP contribution is 2.41. The summed E-state index contributed by atoms with van der Waals surface area (Å²) in [6, 6.07) is 6.51. The molecule has 1 aliphatic carbocycles. The molecular formula is C13H16BrN3O. The van der Waals surface area contributed by atoms with E-state index < -0.39 is 0 Å². The van der Waals surface area contributed by atoms with Crippen molar-refractivity contribution >= 4 is 27.5 Å². The predicted molar refractivity (Wildman–Crippen MR) is 75.1 cm³/mol. The Morgan fingerprint density at radius 1 is 1.44 bits per heavy atom. The van der Waals surface area contributed by atoms with Gasteiger partial charge in [0.15, 0.2) is 5.84 Å². The third-order valence-electron chi connectivity index (χ3n) is 4.06. The summed E-state index contributed by atoms with van der Waals surface area (Å²) in [5.41, 5.74) is 7.66. The first-order valence-electron chi connectivity index (χ1n) is 6.23. The van der Waals surface area contributed by atoms with Crippen molar-refractivity contribution in [3.05, 3.63) is 28.2 Å². The number of fused-ring (bicyclic) bond motifs is 2. The molecule has 1 aliphatic heterocycles. The van der Waals surface area contributed by atoms with Gasteiger partial charge in [-0.15, -0.1) is 0 Å². The van der Waals surface area contributed by atoms with Crippen LogP contribution in [0.4, 0.5) is 5.69 Å². The standard InChI is InChI=1S/C13H16BrN3O/c14-9-2-4-11(13(15)16-18)12(6-9)17-7-8-1-3-10(17)5-8/h2,4,6,8,10,18H,1,3,5,7H2,(H2,15,16). The Bertz CT molecular complexity index is 503. The second-order valence-corrected chi connectivity index (χ2v) is 6.05. The van der Waals surface area contributed by atoms with Crippen LogP contribution in [0.2, 0.25) is 0 Å². The average Bonchev–Trinajstić information content (AvgIpc) is 3.00. The van der Waals surface area contributed by atoms with Crippen LogP contribution in [0.1, 0.15) is 24.8 Å². The zero-order valence-corrected chi connectivity index (χ0v) is 11.6. The summed E-state index contributed by atoms with van der Waals surface area (Å²) >= 11 is 3.50. The zero-order chi connectivity index (χ0) is 12.7. The van der Waals surface area contributed by atoms with Crippen molar-refractivity contribution < 1.29 is 5.21 Å². The summed E-state index contributed by atoms with van der Waals surface area (Å²) in [5.74, 6) is 0.995. The van der Waals surface area contributed by atoms with Crippen molar-refractivity contribution in [3.63, 3.8) is 0 Å². The molecule has 0 radical (unpaired) electrons. The quantitative estimate of drug-likeness (QED) is 0.382. The summed E-state index contributed by atoms with van der Waals surface area (Å²) in [5, 5.41) is 12.0. The summed E-state index contributed by atoms with van der Waals surface area (Å²) in [4.78, 5) is 2.41. The molecule has 5 heteroatoms. The number of rotatable bonds is 2. The lowest BCUT2D eigenvalue weighted by Crippen LogP contribution is -2.33. The van der Waals surface area contributed by atoms with E-state index in [4.69, 9.17) is 10.9 Å². The van der Waals surface area contributed by atoms with E-state index in [2.05, 4.69) is 32.1 Å². The average molecular weight is 310 g/mol. The van der Waals surface area contributed by atoms with E-state index in [9.17, 15) is 0 Å². The Labute approximate surface area is 115 Å². The molecule has 1 saturated heterocycles. The fourth-order valence-electron chi connectivity index (χ4n) is 3.23. The maximum absolute atomic E-state index is 8.89. The molecule has 4 nitrogen and oxygen atoms in total. The second-order valence-electron chi connectivity index (χ2n) is 5.13. The molecule has 1 heterocycles. The highest BCUT2D eigenvalue weighted by Gasteiger charge is 2.38. The van der Waals surface area contributed by atoms with Gasteiger partial charge in [-0.1, -0.05) is 21.1 Å². The van der Waals surface area contributed by atoms with Crippen molar-refractivity contribution in [2.45, 2.75) is 25.3 Å². The minimum absolute atomic E-state index is 0.181. The monoisotopic (exact) mass is 309 g/mol. The number of halogens is 1. The van der Waals surface area contributed by atoms with Gasteiger partial charge in [0.25, 0.3) is 0 Å². The van der Waals surface area contributed by atoms with E-state index in [0.717, 1.165) is 28.2 Å². The van der Waals surface area contributed by atoms with Gasteiger partial charge in [0.2, 0.25) is 0 Å². The molecular weight excluding hydrogens is 294 g/mol. The third-order valence-corrected chi connectivity index (χ3v) is 4.56. The Kier molecular flexibility index (Phi) is 2.93. The number of oxime groups is 1. The number of anilines is 1. The lowest BCUT2D eigenvalue weighted by atomic mass is 10.1. The lowest BCUT2D eigenvalue weighted by Gasteiger charge is -2.31. The van der Waals surface area contributed by atoms with Crippen LogP contribution in [0, 0.1) is 5.92 Å². The van der Waals surface area contributed by atoms with Crippen LogP contribution in [0.3, 0.4) is 0 Å². The molecule has 3 rings (SSSR count). The fraction of sp³-hybridized carbons (Fsp3) is 0.462. The number of amidine groups is 1. The topological polar surface area (TPSA) is 61.9 Å². The van der Waals surface area contributed by atoms with Gasteiger partial charge in [0.05, 0.1) is 0 Å². The van der Waals surface area contributed by atoms with Gasteiger partial charge in [-0.25, -0.2) is 0 Å². The summed E-state index contributed by atoms with van der Waals surface area (Å²) in [6.45, 7) is 1.09. The molecule has 0 amide bonds. The maximum Gasteiger partial charge on any atom is 0.172 e. The minimum atomic E-state index is 0.181. The van der Waals surface area contributed by atoms with Crippen molar-refractivity contribution in [2.75, 3.05) is 11.4 Å². The van der Waals surface area contributed by atoms with E-state index in [-0.39, 0.29) is 5.84 Å². The SMILES string of the molecule is N/C(=N/O)c1ccc(Br)cc1N1CC2CCC1C2. The first kappa shape index (κ1) is 11.8. The Hall–Kier alpha value is -1.23. The number of benzene rings is 1. The van der Waals surface area contributed by atoms with Crippen LogP contribution in [0.5, 0.6) is 0 Å². The predicted octanol–water partition coefficient (Wildman–Crippen LogP) is 2.53. The van der Waals surface area contributed by atoms with E-state index in [0.29, 0.717) is 6.04 Å². The van der Waals surface area contributed by atoms with E-state index in [1.54, 1.807) is 0 Å². The first-order chi connectivity index (χ1) is 8.69. The van der Waals surface area contributed by atoms with Crippen LogP contribution < -0.4 is 10.6 Å². The molecule has 0 aromatic heterocycles. The molecule has 1 aromatic carbocycles. The van der Waals surface area contributed by atoms with Crippen molar-refractivity contribution in [1.82, 2.24) is 0 Å². The Morgan fingerprint density at radius 2 is 2.28 bits per heavy atom. The minimum Gasteiger partial charge on any atom is -0.409 e. The van der Waals surface area contributed by atoms with Crippen LogP contribution in [0.15, 0.2) is 27.8 Å². The maximum atomic E-state index is 8.89. The van der Waals surface area contributed by atoms with Gasteiger partial charge in [0, 0.05) is 28.3 Å². The Balaban J connectivity index is 2.02. The molecule has 18 heavy (non-hydrogen) atoms. The molecule has 2 atom stereocenters. The summed E-state index contributed by atoms with van der Waals surface area (Å²) in [7, 11) is 0. The molecule has 0 spiro atoms. The number of nitrogens with two attached hydrogens (primary N) is 1. The van der Waals surface area contributed by atoms with Crippen molar-refractivity contribution in [2.24, 2.45) is 16.8 Å². The fourth-order valence-corrected chi connectivity index (χ4v) is 3.58. The highest BCUT2D eigenvalue weighted by molar-refractivity contribution is 9.10. The van der Waals surface area contributed by atoms with Gasteiger partial charge >= 0.3 is 0 Å². The van der Waals surface area contributed by atoms with E-state index in [1.165, 1.54) is 19.3 Å². The van der Waals surface area contributed by atoms with Crippen LogP contribution >= 0.6 is 15.9 Å². The lowest BCUT2D eigenvalue weighted by molar-refractivity contribution is 0.318. The molecule has 2 aliphatic rings. The first-order valence-corrected chi connectivity index (χ1v) is 7.02. The molecule has 1 aromatic rings. The van der Waals surface area contributed by atoms with Gasteiger partial charge in [0.1, 0.15) is 0 Å². The molecule has 2 unspecified atom stereocenters. The Morgan fingerprint density at radius 3 is 2.89 bits per heavy atom. The highest BCUT2D eigenvalue weighted by atomic mass is 79.9. The summed E-state index contributed by atoms with van der Waals surface area (Å²) < 4.78 is 1.02. The zero-order valence-electron chi connectivity index (χ0n) is 10.0. The van der Waals surface area contributed by atoms with Gasteiger partial charge in [-0.2, -0.15) is 0 Å². The van der Waals surface area contributed by atoms with Gasteiger partial charge in [-0.3, -0.25) is 0 Å². The van der Waals surface area contributed by atoms with E-state index in [1.807, 2.05) is 12.1 Å². The smallest absolute Gasteiger partial charge is 0.172 e. The number of hydrogen-bond acceptors (Lipinski definition) is 3. The molecule has 96 valence electrons. The molecule has 2 fully saturated rings. The van der Waals surface area contributed by atoms with Gasteiger partial charge in [-0.05, 0) is 43.4 Å². The van der Waals surface area contributed by atoms with Crippen molar-refractivity contribution in [3.8, 4) is 0 Å². The second kappa shape index (κ2) is 4.46. The molecule has 3 N–H and O–H groups in total. The molecule has 1 saturated carbocycles.